The van der Waals surface area contributed by atoms with Crippen molar-refractivity contribution in [2.75, 3.05) is 33.4 Å². The number of likely N-dealkylation sites (tertiary alicyclic amines) is 1. The van der Waals surface area contributed by atoms with Crippen LogP contribution in [0.5, 0.6) is 11.5 Å². The van der Waals surface area contributed by atoms with E-state index in [0.717, 1.165) is 45.4 Å². The van der Waals surface area contributed by atoms with Crippen molar-refractivity contribution in [3.8, 4) is 11.5 Å². The molecule has 5 rings (SSSR count). The molecule has 1 spiro atoms. The van der Waals surface area contributed by atoms with Gasteiger partial charge in [0.25, 0.3) is 0 Å². The van der Waals surface area contributed by atoms with Crippen LogP contribution in [0, 0.1) is 5.92 Å². The van der Waals surface area contributed by atoms with Crippen molar-refractivity contribution in [2.24, 2.45) is 5.92 Å². The highest BCUT2D eigenvalue weighted by Crippen LogP contribution is 2.61. The van der Waals surface area contributed by atoms with Gasteiger partial charge in [-0.3, -0.25) is 0 Å². The smallest absolute Gasteiger partial charge is 0.210 e. The van der Waals surface area contributed by atoms with Crippen molar-refractivity contribution in [3.05, 3.63) is 23.3 Å². The van der Waals surface area contributed by atoms with Crippen LogP contribution in [0.15, 0.2) is 12.1 Å². The van der Waals surface area contributed by atoms with E-state index in [2.05, 4.69) is 18.0 Å². The second-order valence-electron chi connectivity index (χ2n) is 7.67. The standard InChI is InChI=1S/C19H25NO4/c1-20-7-6-19-13-5-10-22-8-2-9-23-18(19)24-17-15(21)4-3-12(16(17)19)11-14(13)20/h3-4,13-14,18,21H,2,5-11H2,1H3/t13?,14-,18-,19+/m1/s1. The summed E-state index contributed by atoms with van der Waals surface area (Å²) in [6.07, 6.45) is 3.66. The van der Waals surface area contributed by atoms with Crippen LogP contribution in [0.2, 0.25) is 0 Å². The topological polar surface area (TPSA) is 51.2 Å². The molecule has 2 bridgehead atoms. The highest BCUT2D eigenvalue weighted by molar-refractivity contribution is 5.59. The van der Waals surface area contributed by atoms with Gasteiger partial charge in [-0.25, -0.2) is 0 Å². The molecule has 2 fully saturated rings. The van der Waals surface area contributed by atoms with Gasteiger partial charge in [-0.2, -0.15) is 0 Å². The van der Waals surface area contributed by atoms with Crippen LogP contribution in [-0.2, 0) is 21.3 Å². The number of hydrogen-bond donors (Lipinski definition) is 1. The second-order valence-corrected chi connectivity index (χ2v) is 7.67. The van der Waals surface area contributed by atoms with Gasteiger partial charge in [-0.1, -0.05) is 6.07 Å². The maximum atomic E-state index is 10.4. The first-order chi connectivity index (χ1) is 11.7. The van der Waals surface area contributed by atoms with Gasteiger partial charge >= 0.3 is 0 Å². The van der Waals surface area contributed by atoms with Crippen molar-refractivity contribution in [2.45, 2.75) is 43.4 Å². The summed E-state index contributed by atoms with van der Waals surface area (Å²) >= 11 is 0. The molecule has 24 heavy (non-hydrogen) atoms. The Morgan fingerprint density at radius 2 is 2.17 bits per heavy atom. The van der Waals surface area contributed by atoms with Gasteiger partial charge in [0.05, 0.1) is 12.0 Å². The summed E-state index contributed by atoms with van der Waals surface area (Å²) in [7, 11) is 2.23. The molecule has 4 atom stereocenters. The van der Waals surface area contributed by atoms with Crippen LogP contribution in [0.4, 0.5) is 0 Å². The number of piperidine rings is 1. The van der Waals surface area contributed by atoms with Crippen LogP contribution < -0.4 is 4.74 Å². The molecule has 0 amide bonds. The van der Waals surface area contributed by atoms with E-state index in [1.165, 1.54) is 11.1 Å². The zero-order valence-corrected chi connectivity index (χ0v) is 14.2. The fraction of sp³-hybridized carbons (Fsp3) is 0.684. The largest absolute Gasteiger partial charge is 0.504 e. The predicted octanol–water partition coefficient (Wildman–Crippen LogP) is 2.05. The number of phenolic OH excluding ortho intramolecular Hbond substituents is 1. The summed E-state index contributed by atoms with van der Waals surface area (Å²) < 4.78 is 18.3. The van der Waals surface area contributed by atoms with Gasteiger partial charge in [0, 0.05) is 24.8 Å². The van der Waals surface area contributed by atoms with Gasteiger partial charge in [-0.05, 0) is 56.8 Å². The van der Waals surface area contributed by atoms with Crippen molar-refractivity contribution < 1.29 is 19.3 Å². The number of phenols is 1. The fourth-order valence-corrected chi connectivity index (χ4v) is 5.53. The van der Waals surface area contributed by atoms with E-state index in [-0.39, 0.29) is 17.5 Å². The Labute approximate surface area is 142 Å². The van der Waals surface area contributed by atoms with Gasteiger partial charge in [0.1, 0.15) is 0 Å². The molecule has 1 aliphatic carbocycles. The zero-order valence-electron chi connectivity index (χ0n) is 14.2. The average molecular weight is 331 g/mol. The lowest BCUT2D eigenvalue weighted by Gasteiger charge is -2.55. The molecule has 0 saturated carbocycles. The molecular weight excluding hydrogens is 306 g/mol. The van der Waals surface area contributed by atoms with E-state index >= 15 is 0 Å². The Morgan fingerprint density at radius 3 is 3.08 bits per heavy atom. The minimum atomic E-state index is -0.279. The highest BCUT2D eigenvalue weighted by Gasteiger charge is 2.62. The number of ether oxygens (including phenoxy) is 3. The number of benzene rings is 1. The third-order valence-electron chi connectivity index (χ3n) is 6.61. The third kappa shape index (κ3) is 1.86. The molecule has 3 aliphatic heterocycles. The Balaban J connectivity index is 1.70. The monoisotopic (exact) mass is 331 g/mol. The minimum Gasteiger partial charge on any atom is -0.504 e. The van der Waals surface area contributed by atoms with Crippen molar-refractivity contribution in [1.29, 1.82) is 0 Å². The van der Waals surface area contributed by atoms with E-state index in [1.54, 1.807) is 6.07 Å². The summed E-state index contributed by atoms with van der Waals surface area (Å²) in [5.74, 6) is 1.36. The molecule has 5 heteroatoms. The van der Waals surface area contributed by atoms with E-state index in [4.69, 9.17) is 14.2 Å². The number of nitrogens with zero attached hydrogens (tertiary/aromatic N) is 1. The summed E-state index contributed by atoms with van der Waals surface area (Å²) in [6, 6.07) is 4.35. The van der Waals surface area contributed by atoms with Crippen molar-refractivity contribution >= 4 is 0 Å². The van der Waals surface area contributed by atoms with Crippen LogP contribution >= 0.6 is 0 Å². The normalized spacial score (nSPS) is 38.3. The van der Waals surface area contributed by atoms with E-state index < -0.39 is 0 Å². The zero-order chi connectivity index (χ0) is 16.3. The second kappa shape index (κ2) is 5.35. The number of rotatable bonds is 0. The molecule has 130 valence electrons. The molecule has 4 aliphatic rings. The summed E-state index contributed by atoms with van der Waals surface area (Å²) in [4.78, 5) is 2.49. The minimum absolute atomic E-state index is 0.139. The van der Waals surface area contributed by atoms with Crippen molar-refractivity contribution in [3.63, 3.8) is 0 Å². The third-order valence-corrected chi connectivity index (χ3v) is 6.61. The highest BCUT2D eigenvalue weighted by atomic mass is 16.7. The number of aromatic hydroxyl groups is 1. The Bertz CT molecular complexity index is 663. The quantitative estimate of drug-likeness (QED) is 0.788. The first kappa shape index (κ1) is 15.0. The molecule has 0 aromatic heterocycles. The molecule has 1 aromatic rings. The molecule has 1 N–H and O–H groups in total. The maximum absolute atomic E-state index is 10.4. The SMILES string of the molecule is CN1CC[C@]23c4c5ccc(O)c4O[C@H]2OCCCOCCC3[C@H]1C5. The molecule has 3 heterocycles. The summed E-state index contributed by atoms with van der Waals surface area (Å²) in [5.41, 5.74) is 2.40. The average Bonchev–Trinajstić information content (AvgIpc) is 2.91. The fourth-order valence-electron chi connectivity index (χ4n) is 5.53. The van der Waals surface area contributed by atoms with Gasteiger partial charge in [0.2, 0.25) is 6.29 Å². The first-order valence-electron chi connectivity index (χ1n) is 9.13. The van der Waals surface area contributed by atoms with Crippen LogP contribution in [0.1, 0.15) is 30.4 Å². The lowest BCUT2D eigenvalue weighted by atomic mass is 9.56. The molecular formula is C19H25NO4. The Hall–Kier alpha value is -1.30. The molecule has 2 saturated heterocycles. The van der Waals surface area contributed by atoms with Crippen molar-refractivity contribution in [1.82, 2.24) is 4.90 Å². The molecule has 1 aromatic carbocycles. The van der Waals surface area contributed by atoms with E-state index in [1.807, 2.05) is 0 Å². The van der Waals surface area contributed by atoms with Crippen LogP contribution in [0.25, 0.3) is 0 Å². The molecule has 0 radical (unpaired) electrons. The van der Waals surface area contributed by atoms with Crippen LogP contribution in [0.3, 0.4) is 0 Å². The van der Waals surface area contributed by atoms with Gasteiger partial charge in [0.15, 0.2) is 11.5 Å². The lowest BCUT2D eigenvalue weighted by Crippen LogP contribution is -2.62. The number of hydrogen-bond acceptors (Lipinski definition) is 5. The molecule has 5 nitrogen and oxygen atoms in total. The Kier molecular flexibility index (Phi) is 3.34. The van der Waals surface area contributed by atoms with E-state index in [9.17, 15) is 5.11 Å². The summed E-state index contributed by atoms with van der Waals surface area (Å²) in [6.45, 7) is 3.23. The lowest BCUT2D eigenvalue weighted by molar-refractivity contribution is -0.161. The van der Waals surface area contributed by atoms with Gasteiger partial charge < -0.3 is 24.2 Å². The predicted molar refractivity (Wildman–Crippen MR) is 88.4 cm³/mol. The Morgan fingerprint density at radius 1 is 1.25 bits per heavy atom. The van der Waals surface area contributed by atoms with Gasteiger partial charge in [-0.15, -0.1) is 0 Å². The first-order valence-corrected chi connectivity index (χ1v) is 9.13. The van der Waals surface area contributed by atoms with Crippen LogP contribution in [-0.4, -0.2) is 55.8 Å². The summed E-state index contributed by atoms with van der Waals surface area (Å²) in [5, 5.41) is 10.4. The van der Waals surface area contributed by atoms with E-state index in [0.29, 0.717) is 24.3 Å². The number of likely N-dealkylation sites (N-methyl/N-ethyl adjacent to an activating group) is 1. The maximum Gasteiger partial charge on any atom is 0.210 e. The molecule has 1 unspecified atom stereocenters.